The Balaban J connectivity index is 1.94. The van der Waals surface area contributed by atoms with Crippen LogP contribution in [0.3, 0.4) is 0 Å². The van der Waals surface area contributed by atoms with Crippen molar-refractivity contribution in [2.45, 2.75) is 13.3 Å². The van der Waals surface area contributed by atoms with Gasteiger partial charge in [0.25, 0.3) is 5.91 Å². The van der Waals surface area contributed by atoms with E-state index in [9.17, 15) is 4.79 Å². The van der Waals surface area contributed by atoms with E-state index in [2.05, 4.69) is 22.1 Å². The molecule has 1 unspecified atom stereocenters. The summed E-state index contributed by atoms with van der Waals surface area (Å²) in [5.41, 5.74) is 1.52. The lowest BCUT2D eigenvalue weighted by Gasteiger charge is -2.21. The van der Waals surface area contributed by atoms with Crippen molar-refractivity contribution in [1.82, 2.24) is 20.0 Å². The summed E-state index contributed by atoms with van der Waals surface area (Å²) in [7, 11) is 4.00. The Kier molecular flexibility index (Phi) is 3.47. The van der Waals surface area contributed by atoms with E-state index in [0.29, 0.717) is 11.5 Å². The van der Waals surface area contributed by atoms with Gasteiger partial charge in [0.15, 0.2) is 0 Å². The summed E-state index contributed by atoms with van der Waals surface area (Å²) in [6.07, 6.45) is 2.79. The Morgan fingerprint density at radius 3 is 3.00 bits per heavy atom. The molecule has 2 rings (SSSR count). The molecule has 1 aromatic rings. The van der Waals surface area contributed by atoms with Gasteiger partial charge in [-0.15, -0.1) is 0 Å². The molecule has 1 aliphatic rings. The SMILES string of the molecule is Cc1[nH]ncc1C(=O)N(C)CC1CCN(C)C1. The molecule has 0 aromatic carbocycles. The van der Waals surface area contributed by atoms with E-state index in [1.165, 1.54) is 6.42 Å². The average Bonchev–Trinajstić information content (AvgIpc) is 2.86. The lowest BCUT2D eigenvalue weighted by Crippen LogP contribution is -2.33. The van der Waals surface area contributed by atoms with Crippen molar-refractivity contribution in [3.05, 3.63) is 17.5 Å². The van der Waals surface area contributed by atoms with Crippen LogP contribution >= 0.6 is 0 Å². The second-order valence-electron chi connectivity index (χ2n) is 5.01. The first-order chi connectivity index (χ1) is 8.08. The number of nitrogens with zero attached hydrogens (tertiary/aromatic N) is 3. The molecule has 1 fully saturated rings. The zero-order valence-corrected chi connectivity index (χ0v) is 10.7. The average molecular weight is 236 g/mol. The van der Waals surface area contributed by atoms with Crippen LogP contribution in [0.4, 0.5) is 0 Å². The van der Waals surface area contributed by atoms with Crippen LogP contribution in [0.2, 0.25) is 0 Å². The molecule has 1 N–H and O–H groups in total. The standard InChI is InChI=1S/C12H20N4O/c1-9-11(6-13-14-9)12(17)16(3)8-10-4-5-15(2)7-10/h6,10H,4-5,7-8H2,1-3H3,(H,13,14). The number of likely N-dealkylation sites (tertiary alicyclic amines) is 1. The second kappa shape index (κ2) is 4.87. The maximum atomic E-state index is 12.1. The molecule has 1 aliphatic heterocycles. The number of aromatic nitrogens is 2. The fraction of sp³-hybridized carbons (Fsp3) is 0.667. The van der Waals surface area contributed by atoms with Crippen LogP contribution in [0.1, 0.15) is 22.5 Å². The van der Waals surface area contributed by atoms with Crippen LogP contribution in [-0.2, 0) is 0 Å². The molecule has 5 heteroatoms. The maximum absolute atomic E-state index is 12.1. The fourth-order valence-electron chi connectivity index (χ4n) is 2.42. The van der Waals surface area contributed by atoms with Crippen LogP contribution in [0.25, 0.3) is 0 Å². The van der Waals surface area contributed by atoms with E-state index in [1.54, 1.807) is 6.20 Å². The summed E-state index contributed by atoms with van der Waals surface area (Å²) in [6.45, 7) is 4.92. The molecule has 94 valence electrons. The summed E-state index contributed by atoms with van der Waals surface area (Å²) in [4.78, 5) is 16.3. The van der Waals surface area contributed by atoms with Gasteiger partial charge >= 0.3 is 0 Å². The number of amides is 1. The number of carbonyl (C=O) groups excluding carboxylic acids is 1. The number of nitrogens with one attached hydrogen (secondary N) is 1. The molecule has 1 saturated heterocycles. The number of carbonyl (C=O) groups is 1. The lowest BCUT2D eigenvalue weighted by molar-refractivity contribution is 0.0773. The molecule has 1 atom stereocenters. The normalized spacial score (nSPS) is 20.8. The quantitative estimate of drug-likeness (QED) is 0.842. The first kappa shape index (κ1) is 12.1. The van der Waals surface area contributed by atoms with Crippen molar-refractivity contribution in [1.29, 1.82) is 0 Å². The van der Waals surface area contributed by atoms with E-state index in [4.69, 9.17) is 0 Å². The van der Waals surface area contributed by atoms with E-state index < -0.39 is 0 Å². The number of rotatable bonds is 3. The number of H-pyrrole nitrogens is 1. The monoisotopic (exact) mass is 236 g/mol. The van der Waals surface area contributed by atoms with Gasteiger partial charge in [0.1, 0.15) is 0 Å². The van der Waals surface area contributed by atoms with E-state index in [1.807, 2.05) is 18.9 Å². The molecule has 1 aromatic heterocycles. The zero-order valence-electron chi connectivity index (χ0n) is 10.7. The van der Waals surface area contributed by atoms with Gasteiger partial charge in [-0.3, -0.25) is 9.89 Å². The van der Waals surface area contributed by atoms with Gasteiger partial charge in [0, 0.05) is 25.8 Å². The van der Waals surface area contributed by atoms with Gasteiger partial charge in [0.2, 0.25) is 0 Å². The molecule has 0 spiro atoms. The van der Waals surface area contributed by atoms with E-state index in [0.717, 1.165) is 25.3 Å². The van der Waals surface area contributed by atoms with Gasteiger partial charge in [0.05, 0.1) is 11.8 Å². The molecular weight excluding hydrogens is 216 g/mol. The molecule has 1 amide bonds. The van der Waals surface area contributed by atoms with Crippen molar-refractivity contribution in [3.8, 4) is 0 Å². The highest BCUT2D eigenvalue weighted by Gasteiger charge is 2.23. The molecule has 2 heterocycles. The Hall–Kier alpha value is -1.36. The summed E-state index contributed by atoms with van der Waals surface area (Å²) >= 11 is 0. The molecular formula is C12H20N4O. The predicted molar refractivity (Wildman–Crippen MR) is 65.9 cm³/mol. The van der Waals surface area contributed by atoms with Gasteiger partial charge < -0.3 is 9.80 Å². The predicted octanol–water partition coefficient (Wildman–Crippen LogP) is 0.742. The summed E-state index contributed by atoms with van der Waals surface area (Å²) in [6, 6.07) is 0. The molecule has 5 nitrogen and oxygen atoms in total. The molecule has 0 aliphatic carbocycles. The van der Waals surface area contributed by atoms with Crippen molar-refractivity contribution >= 4 is 5.91 Å². The van der Waals surface area contributed by atoms with E-state index >= 15 is 0 Å². The largest absolute Gasteiger partial charge is 0.341 e. The van der Waals surface area contributed by atoms with Crippen LogP contribution in [0.15, 0.2) is 6.20 Å². The van der Waals surface area contributed by atoms with Gasteiger partial charge in [-0.25, -0.2) is 0 Å². The first-order valence-electron chi connectivity index (χ1n) is 6.02. The van der Waals surface area contributed by atoms with Crippen molar-refractivity contribution in [2.24, 2.45) is 5.92 Å². The van der Waals surface area contributed by atoms with Crippen molar-refractivity contribution in [3.63, 3.8) is 0 Å². The second-order valence-corrected chi connectivity index (χ2v) is 5.01. The van der Waals surface area contributed by atoms with Crippen LogP contribution in [0, 0.1) is 12.8 Å². The number of aryl methyl sites for hydroxylation is 1. The third-order valence-corrected chi connectivity index (χ3v) is 3.43. The minimum atomic E-state index is 0.0609. The summed E-state index contributed by atoms with van der Waals surface area (Å²) in [5.74, 6) is 0.659. The van der Waals surface area contributed by atoms with Crippen LogP contribution in [0.5, 0.6) is 0 Å². The van der Waals surface area contributed by atoms with Crippen LogP contribution < -0.4 is 0 Å². The molecule has 0 bridgehead atoms. The number of hydrogen-bond acceptors (Lipinski definition) is 3. The van der Waals surface area contributed by atoms with Gasteiger partial charge in [-0.2, -0.15) is 5.10 Å². The first-order valence-corrected chi connectivity index (χ1v) is 6.02. The zero-order chi connectivity index (χ0) is 12.4. The van der Waals surface area contributed by atoms with Gasteiger partial charge in [-0.05, 0) is 32.9 Å². The Morgan fingerprint density at radius 2 is 2.47 bits per heavy atom. The Morgan fingerprint density at radius 1 is 1.71 bits per heavy atom. The van der Waals surface area contributed by atoms with Crippen molar-refractivity contribution in [2.75, 3.05) is 33.7 Å². The summed E-state index contributed by atoms with van der Waals surface area (Å²) in [5, 5.41) is 6.69. The highest BCUT2D eigenvalue weighted by atomic mass is 16.2. The highest BCUT2D eigenvalue weighted by Crippen LogP contribution is 2.16. The third-order valence-electron chi connectivity index (χ3n) is 3.43. The Bertz CT molecular complexity index is 401. The topological polar surface area (TPSA) is 52.2 Å². The Labute approximate surface area is 102 Å². The van der Waals surface area contributed by atoms with Crippen molar-refractivity contribution < 1.29 is 4.79 Å². The van der Waals surface area contributed by atoms with E-state index in [-0.39, 0.29) is 5.91 Å². The smallest absolute Gasteiger partial charge is 0.257 e. The third kappa shape index (κ3) is 2.66. The molecule has 17 heavy (non-hydrogen) atoms. The molecule has 0 radical (unpaired) electrons. The number of hydrogen-bond donors (Lipinski definition) is 1. The number of aromatic amines is 1. The summed E-state index contributed by atoms with van der Waals surface area (Å²) < 4.78 is 0. The lowest BCUT2D eigenvalue weighted by atomic mass is 10.1. The minimum absolute atomic E-state index is 0.0609. The van der Waals surface area contributed by atoms with Gasteiger partial charge in [-0.1, -0.05) is 0 Å². The fourth-order valence-corrected chi connectivity index (χ4v) is 2.42. The maximum Gasteiger partial charge on any atom is 0.257 e. The minimum Gasteiger partial charge on any atom is -0.341 e. The molecule has 0 saturated carbocycles. The van der Waals surface area contributed by atoms with Crippen LogP contribution in [-0.4, -0.2) is 59.6 Å². The highest BCUT2D eigenvalue weighted by molar-refractivity contribution is 5.94.